The van der Waals surface area contributed by atoms with Crippen LogP contribution in [0.25, 0.3) is 0 Å². The van der Waals surface area contributed by atoms with Crippen LogP contribution in [0.4, 0.5) is 0 Å². The number of hydrogen-bond acceptors (Lipinski definition) is 2. The number of nitrogens with one attached hydrogen (secondary N) is 1. The molecule has 1 fully saturated rings. The molecule has 1 aliphatic rings. The van der Waals surface area contributed by atoms with E-state index in [0.29, 0.717) is 6.04 Å². The van der Waals surface area contributed by atoms with Crippen LogP contribution in [-0.4, -0.2) is 25.8 Å². The van der Waals surface area contributed by atoms with E-state index in [0.717, 1.165) is 31.6 Å². The molecule has 0 aromatic carbocycles. The zero-order valence-corrected chi connectivity index (χ0v) is 9.88. The maximum absolute atomic E-state index is 5.41. The Bertz CT molecular complexity index is 141. The zero-order chi connectivity index (χ0) is 10.4. The Balaban J connectivity index is 2.26. The molecular formula is C12H25NO. The Morgan fingerprint density at radius 1 is 1.43 bits per heavy atom. The van der Waals surface area contributed by atoms with Gasteiger partial charge in [0.1, 0.15) is 0 Å². The molecule has 2 unspecified atom stereocenters. The predicted octanol–water partition coefficient (Wildman–Crippen LogP) is 2.44. The minimum absolute atomic E-state index is 0.682. The highest BCUT2D eigenvalue weighted by atomic mass is 16.5. The molecule has 84 valence electrons. The molecule has 0 spiro atoms. The summed E-state index contributed by atoms with van der Waals surface area (Å²) < 4.78 is 5.41. The summed E-state index contributed by atoms with van der Waals surface area (Å²) in [5.41, 5.74) is 0. The fourth-order valence-electron chi connectivity index (χ4n) is 2.05. The lowest BCUT2D eigenvalue weighted by molar-refractivity contribution is 0.178. The van der Waals surface area contributed by atoms with E-state index in [-0.39, 0.29) is 0 Å². The fourth-order valence-corrected chi connectivity index (χ4v) is 2.05. The van der Waals surface area contributed by atoms with E-state index in [4.69, 9.17) is 4.74 Å². The summed E-state index contributed by atoms with van der Waals surface area (Å²) >= 11 is 0. The lowest BCUT2D eigenvalue weighted by Crippen LogP contribution is -2.36. The van der Waals surface area contributed by atoms with Gasteiger partial charge in [-0.3, -0.25) is 0 Å². The average Bonchev–Trinajstić information content (AvgIpc) is 2.64. The quantitative estimate of drug-likeness (QED) is 0.709. The standard InChI is InChI=1S/C12H25NO/c1-4-6-13-12(10(2)3)8-11-5-7-14-9-11/h10-13H,4-9H2,1-3H3. The molecule has 2 nitrogen and oxygen atoms in total. The molecule has 0 saturated carbocycles. The molecule has 1 heterocycles. The number of hydrogen-bond donors (Lipinski definition) is 1. The minimum Gasteiger partial charge on any atom is -0.381 e. The van der Waals surface area contributed by atoms with Crippen molar-refractivity contribution in [2.45, 2.75) is 46.1 Å². The molecule has 0 aliphatic carbocycles. The van der Waals surface area contributed by atoms with Crippen LogP contribution < -0.4 is 5.32 Å². The summed E-state index contributed by atoms with van der Waals surface area (Å²) in [5.74, 6) is 1.54. The molecule has 14 heavy (non-hydrogen) atoms. The van der Waals surface area contributed by atoms with Crippen molar-refractivity contribution in [3.8, 4) is 0 Å². The van der Waals surface area contributed by atoms with Crippen molar-refractivity contribution in [2.75, 3.05) is 19.8 Å². The molecule has 2 atom stereocenters. The predicted molar refractivity (Wildman–Crippen MR) is 60.5 cm³/mol. The summed E-state index contributed by atoms with van der Waals surface area (Å²) in [6.45, 7) is 9.95. The van der Waals surface area contributed by atoms with Crippen LogP contribution in [-0.2, 0) is 4.74 Å². The first-order valence-electron chi connectivity index (χ1n) is 6.05. The molecule has 0 amide bonds. The molecule has 0 aromatic rings. The van der Waals surface area contributed by atoms with Crippen molar-refractivity contribution in [2.24, 2.45) is 11.8 Å². The first-order valence-corrected chi connectivity index (χ1v) is 6.05. The van der Waals surface area contributed by atoms with Crippen LogP contribution in [0.3, 0.4) is 0 Å². The van der Waals surface area contributed by atoms with Crippen LogP contribution in [0.1, 0.15) is 40.0 Å². The Morgan fingerprint density at radius 2 is 2.21 bits per heavy atom. The smallest absolute Gasteiger partial charge is 0.0495 e. The van der Waals surface area contributed by atoms with E-state index < -0.39 is 0 Å². The van der Waals surface area contributed by atoms with Crippen LogP contribution in [0.5, 0.6) is 0 Å². The topological polar surface area (TPSA) is 21.3 Å². The lowest BCUT2D eigenvalue weighted by atomic mass is 9.92. The summed E-state index contributed by atoms with van der Waals surface area (Å²) in [6, 6.07) is 0.682. The van der Waals surface area contributed by atoms with Crippen LogP contribution in [0, 0.1) is 11.8 Å². The van der Waals surface area contributed by atoms with Gasteiger partial charge in [0.05, 0.1) is 0 Å². The molecule has 2 heteroatoms. The van der Waals surface area contributed by atoms with Gasteiger partial charge in [0, 0.05) is 19.3 Å². The molecule has 1 aliphatic heterocycles. The Morgan fingerprint density at radius 3 is 2.71 bits per heavy atom. The molecular weight excluding hydrogens is 174 g/mol. The molecule has 0 bridgehead atoms. The maximum atomic E-state index is 5.41. The second-order valence-corrected chi connectivity index (χ2v) is 4.77. The van der Waals surface area contributed by atoms with E-state index in [1.807, 2.05) is 0 Å². The van der Waals surface area contributed by atoms with Gasteiger partial charge in [0.2, 0.25) is 0 Å². The first kappa shape index (κ1) is 12.0. The third-order valence-corrected chi connectivity index (χ3v) is 3.07. The van der Waals surface area contributed by atoms with E-state index in [2.05, 4.69) is 26.1 Å². The van der Waals surface area contributed by atoms with Crippen molar-refractivity contribution >= 4 is 0 Å². The largest absolute Gasteiger partial charge is 0.381 e. The van der Waals surface area contributed by atoms with Gasteiger partial charge in [-0.2, -0.15) is 0 Å². The van der Waals surface area contributed by atoms with Crippen molar-refractivity contribution in [1.82, 2.24) is 5.32 Å². The van der Waals surface area contributed by atoms with Gasteiger partial charge in [-0.25, -0.2) is 0 Å². The van der Waals surface area contributed by atoms with Crippen molar-refractivity contribution in [3.05, 3.63) is 0 Å². The van der Waals surface area contributed by atoms with E-state index in [1.165, 1.54) is 19.3 Å². The fraction of sp³-hybridized carbons (Fsp3) is 1.00. The van der Waals surface area contributed by atoms with Crippen molar-refractivity contribution < 1.29 is 4.74 Å². The van der Waals surface area contributed by atoms with Crippen molar-refractivity contribution in [1.29, 1.82) is 0 Å². The van der Waals surface area contributed by atoms with Gasteiger partial charge in [-0.05, 0) is 37.6 Å². The highest BCUT2D eigenvalue weighted by molar-refractivity contribution is 4.76. The average molecular weight is 199 g/mol. The summed E-state index contributed by atoms with van der Waals surface area (Å²) in [4.78, 5) is 0. The van der Waals surface area contributed by atoms with Gasteiger partial charge in [-0.15, -0.1) is 0 Å². The first-order chi connectivity index (χ1) is 6.74. The SMILES string of the molecule is CCCNC(CC1CCOC1)C(C)C. The van der Waals surface area contributed by atoms with Crippen LogP contribution in [0.2, 0.25) is 0 Å². The Labute approximate surface area is 88.4 Å². The Hall–Kier alpha value is -0.0800. The molecule has 1 saturated heterocycles. The van der Waals surface area contributed by atoms with Crippen LogP contribution in [0.15, 0.2) is 0 Å². The lowest BCUT2D eigenvalue weighted by Gasteiger charge is -2.24. The van der Waals surface area contributed by atoms with Crippen LogP contribution >= 0.6 is 0 Å². The normalized spacial score (nSPS) is 24.4. The monoisotopic (exact) mass is 199 g/mol. The van der Waals surface area contributed by atoms with E-state index in [9.17, 15) is 0 Å². The van der Waals surface area contributed by atoms with E-state index >= 15 is 0 Å². The van der Waals surface area contributed by atoms with Gasteiger partial charge >= 0.3 is 0 Å². The third-order valence-electron chi connectivity index (χ3n) is 3.07. The molecule has 0 radical (unpaired) electrons. The van der Waals surface area contributed by atoms with Gasteiger partial charge < -0.3 is 10.1 Å². The number of rotatable bonds is 6. The summed E-state index contributed by atoms with van der Waals surface area (Å²) in [7, 11) is 0. The zero-order valence-electron chi connectivity index (χ0n) is 9.88. The second kappa shape index (κ2) is 6.41. The molecule has 0 aromatic heterocycles. The highest BCUT2D eigenvalue weighted by Crippen LogP contribution is 2.21. The minimum atomic E-state index is 0.682. The molecule has 1 rings (SSSR count). The van der Waals surface area contributed by atoms with Gasteiger partial charge in [0.15, 0.2) is 0 Å². The summed E-state index contributed by atoms with van der Waals surface area (Å²) in [6.07, 6.45) is 3.78. The third kappa shape index (κ3) is 3.97. The van der Waals surface area contributed by atoms with Crippen molar-refractivity contribution in [3.63, 3.8) is 0 Å². The van der Waals surface area contributed by atoms with Gasteiger partial charge in [-0.1, -0.05) is 20.8 Å². The van der Waals surface area contributed by atoms with Gasteiger partial charge in [0.25, 0.3) is 0 Å². The maximum Gasteiger partial charge on any atom is 0.0495 e. The molecule has 1 N–H and O–H groups in total. The summed E-state index contributed by atoms with van der Waals surface area (Å²) in [5, 5.41) is 3.64. The number of ether oxygens (including phenoxy) is 1. The second-order valence-electron chi connectivity index (χ2n) is 4.77. The van der Waals surface area contributed by atoms with E-state index in [1.54, 1.807) is 0 Å². The Kier molecular flexibility index (Phi) is 5.49. The highest BCUT2D eigenvalue weighted by Gasteiger charge is 2.21.